The molecule has 2 unspecified atom stereocenters. The first-order chi connectivity index (χ1) is 7.68. The first-order valence-electron chi connectivity index (χ1n) is 5.56. The van der Waals surface area contributed by atoms with Gasteiger partial charge < -0.3 is 4.74 Å². The maximum atomic E-state index is 12.1. The normalized spacial score (nSPS) is 24.6. The lowest BCUT2D eigenvalue weighted by atomic mass is 9.93. The van der Waals surface area contributed by atoms with Gasteiger partial charge in [-0.15, -0.1) is 0 Å². The number of ether oxygens (including phenoxy) is 1. The van der Waals surface area contributed by atoms with Crippen LogP contribution >= 0.6 is 15.9 Å². The number of carbonyl (C=O) groups excluding carboxylic acids is 1. The van der Waals surface area contributed by atoms with Crippen LogP contribution < -0.4 is 0 Å². The molecule has 1 heterocycles. The third-order valence-electron chi connectivity index (χ3n) is 3.11. The van der Waals surface area contributed by atoms with Crippen molar-refractivity contribution in [3.05, 3.63) is 34.3 Å². The molecule has 0 bridgehead atoms. The maximum absolute atomic E-state index is 12.1. The highest BCUT2D eigenvalue weighted by Crippen LogP contribution is 2.24. The van der Waals surface area contributed by atoms with Gasteiger partial charge in [0.25, 0.3) is 0 Å². The van der Waals surface area contributed by atoms with Crippen LogP contribution in [0.4, 0.5) is 0 Å². The Balaban J connectivity index is 2.05. The molecule has 0 spiro atoms. The summed E-state index contributed by atoms with van der Waals surface area (Å²) in [4.78, 5) is 12.1. The Kier molecular flexibility index (Phi) is 3.77. The van der Waals surface area contributed by atoms with Crippen molar-refractivity contribution in [1.29, 1.82) is 0 Å². The van der Waals surface area contributed by atoms with E-state index in [0.29, 0.717) is 13.0 Å². The molecule has 1 aromatic carbocycles. The van der Waals surface area contributed by atoms with Crippen molar-refractivity contribution in [3.8, 4) is 0 Å². The Morgan fingerprint density at radius 2 is 2.25 bits per heavy atom. The van der Waals surface area contributed by atoms with Crippen LogP contribution in [0.3, 0.4) is 0 Å². The molecule has 1 aromatic rings. The van der Waals surface area contributed by atoms with E-state index < -0.39 is 0 Å². The predicted molar refractivity (Wildman–Crippen MR) is 66.4 cm³/mol. The highest BCUT2D eigenvalue weighted by Gasteiger charge is 2.30. The second-order valence-corrected chi connectivity index (χ2v) is 5.06. The molecule has 2 atom stereocenters. The number of rotatable bonds is 3. The number of hydrogen-bond donors (Lipinski definition) is 0. The first kappa shape index (κ1) is 11.8. The van der Waals surface area contributed by atoms with Crippen molar-refractivity contribution in [2.24, 2.45) is 5.92 Å². The fourth-order valence-corrected chi connectivity index (χ4v) is 2.54. The van der Waals surface area contributed by atoms with E-state index in [0.717, 1.165) is 16.5 Å². The van der Waals surface area contributed by atoms with Crippen LogP contribution in [0, 0.1) is 5.92 Å². The van der Waals surface area contributed by atoms with E-state index >= 15 is 0 Å². The van der Waals surface area contributed by atoms with Crippen LogP contribution in [0.1, 0.15) is 18.9 Å². The average molecular weight is 283 g/mol. The molecule has 0 amide bonds. The molecule has 86 valence electrons. The highest BCUT2D eigenvalue weighted by atomic mass is 79.9. The molecule has 16 heavy (non-hydrogen) atoms. The van der Waals surface area contributed by atoms with E-state index in [-0.39, 0.29) is 17.8 Å². The van der Waals surface area contributed by atoms with Gasteiger partial charge in [0.05, 0.1) is 6.10 Å². The average Bonchev–Trinajstić information content (AvgIpc) is 2.68. The van der Waals surface area contributed by atoms with Crippen molar-refractivity contribution < 1.29 is 9.53 Å². The van der Waals surface area contributed by atoms with Crippen molar-refractivity contribution >= 4 is 21.7 Å². The number of ketones is 1. The molecule has 2 rings (SSSR count). The molecule has 0 saturated carbocycles. The summed E-state index contributed by atoms with van der Waals surface area (Å²) in [5.74, 6) is 0.365. The van der Waals surface area contributed by atoms with Gasteiger partial charge in [-0.2, -0.15) is 0 Å². The van der Waals surface area contributed by atoms with E-state index in [2.05, 4.69) is 15.9 Å². The molecule has 0 radical (unpaired) electrons. The molecule has 3 heteroatoms. The van der Waals surface area contributed by atoms with Crippen molar-refractivity contribution in [2.45, 2.75) is 25.9 Å². The fraction of sp³-hybridized carbons (Fsp3) is 0.462. The molecular formula is C13H15BrO2. The molecule has 2 nitrogen and oxygen atoms in total. The van der Waals surface area contributed by atoms with Crippen molar-refractivity contribution in [2.75, 3.05) is 6.61 Å². The van der Waals surface area contributed by atoms with Gasteiger partial charge in [-0.3, -0.25) is 4.79 Å². The molecule has 0 aromatic heterocycles. The standard InChI is InChI=1S/C13H15BrO2/c1-9-11(6-7-16-9)13(15)8-10-4-2-3-5-12(10)14/h2-5,9,11H,6-8H2,1H3. The Morgan fingerprint density at radius 1 is 1.50 bits per heavy atom. The van der Waals surface area contributed by atoms with E-state index in [4.69, 9.17) is 4.74 Å². The van der Waals surface area contributed by atoms with Gasteiger partial charge in [-0.05, 0) is 25.0 Å². The van der Waals surface area contributed by atoms with Crippen LogP contribution in [0.2, 0.25) is 0 Å². The summed E-state index contributed by atoms with van der Waals surface area (Å²) >= 11 is 3.46. The minimum Gasteiger partial charge on any atom is -0.378 e. The topological polar surface area (TPSA) is 26.3 Å². The minimum absolute atomic E-state index is 0.0760. The molecule has 0 N–H and O–H groups in total. The van der Waals surface area contributed by atoms with Gasteiger partial charge >= 0.3 is 0 Å². The van der Waals surface area contributed by atoms with Crippen molar-refractivity contribution in [3.63, 3.8) is 0 Å². The van der Waals surface area contributed by atoms with E-state index in [1.54, 1.807) is 0 Å². The number of carbonyl (C=O) groups is 1. The monoisotopic (exact) mass is 282 g/mol. The Labute approximate surface area is 104 Å². The van der Waals surface area contributed by atoms with Crippen LogP contribution in [0.25, 0.3) is 0 Å². The molecule has 1 saturated heterocycles. The number of halogens is 1. The number of Topliss-reactive ketones (excluding diaryl/α,β-unsaturated/α-hetero) is 1. The molecule has 0 aliphatic carbocycles. The summed E-state index contributed by atoms with van der Waals surface area (Å²) in [6, 6.07) is 7.88. The van der Waals surface area contributed by atoms with Gasteiger partial charge in [-0.25, -0.2) is 0 Å². The third kappa shape index (κ3) is 2.53. The smallest absolute Gasteiger partial charge is 0.143 e. The van der Waals surface area contributed by atoms with Crippen LogP contribution in [0.15, 0.2) is 28.7 Å². The van der Waals surface area contributed by atoms with Gasteiger partial charge in [0.15, 0.2) is 0 Å². The second kappa shape index (κ2) is 5.11. The Bertz CT molecular complexity index is 389. The zero-order valence-electron chi connectivity index (χ0n) is 9.28. The predicted octanol–water partition coefficient (Wildman–Crippen LogP) is 2.99. The first-order valence-corrected chi connectivity index (χ1v) is 6.35. The summed E-state index contributed by atoms with van der Waals surface area (Å²) in [5, 5.41) is 0. The van der Waals surface area contributed by atoms with Crippen LogP contribution in [-0.4, -0.2) is 18.5 Å². The van der Waals surface area contributed by atoms with E-state index in [1.807, 2.05) is 31.2 Å². The number of hydrogen-bond acceptors (Lipinski definition) is 2. The molecule has 1 aliphatic heterocycles. The SMILES string of the molecule is CC1OCCC1C(=O)Cc1ccccc1Br. The van der Waals surface area contributed by atoms with Crippen molar-refractivity contribution in [1.82, 2.24) is 0 Å². The summed E-state index contributed by atoms with van der Waals surface area (Å²) in [6.07, 6.45) is 1.44. The van der Waals surface area contributed by atoms with E-state index in [9.17, 15) is 4.79 Å². The summed E-state index contributed by atoms with van der Waals surface area (Å²) in [5.41, 5.74) is 1.06. The van der Waals surface area contributed by atoms with Gasteiger partial charge in [-0.1, -0.05) is 34.1 Å². The van der Waals surface area contributed by atoms with Gasteiger partial charge in [0, 0.05) is 23.4 Å². The number of benzene rings is 1. The quantitative estimate of drug-likeness (QED) is 0.852. The largest absolute Gasteiger partial charge is 0.378 e. The molecule has 1 fully saturated rings. The Hall–Kier alpha value is -0.670. The zero-order chi connectivity index (χ0) is 11.5. The third-order valence-corrected chi connectivity index (χ3v) is 3.89. The minimum atomic E-state index is 0.0760. The summed E-state index contributed by atoms with van der Waals surface area (Å²) in [7, 11) is 0. The van der Waals surface area contributed by atoms with Crippen LogP contribution in [-0.2, 0) is 16.0 Å². The van der Waals surface area contributed by atoms with Gasteiger partial charge in [0.2, 0.25) is 0 Å². The highest BCUT2D eigenvalue weighted by molar-refractivity contribution is 9.10. The molecular weight excluding hydrogens is 268 g/mol. The lowest BCUT2D eigenvalue weighted by Gasteiger charge is -2.13. The van der Waals surface area contributed by atoms with E-state index in [1.165, 1.54) is 0 Å². The lowest BCUT2D eigenvalue weighted by molar-refractivity contribution is -0.123. The lowest BCUT2D eigenvalue weighted by Crippen LogP contribution is -2.23. The Morgan fingerprint density at radius 3 is 2.88 bits per heavy atom. The maximum Gasteiger partial charge on any atom is 0.143 e. The second-order valence-electron chi connectivity index (χ2n) is 4.21. The summed E-state index contributed by atoms with van der Waals surface area (Å²) in [6.45, 7) is 2.70. The zero-order valence-corrected chi connectivity index (χ0v) is 10.9. The van der Waals surface area contributed by atoms with Gasteiger partial charge in [0.1, 0.15) is 5.78 Å². The molecule has 1 aliphatic rings. The summed E-state index contributed by atoms with van der Waals surface area (Å²) < 4.78 is 6.43. The van der Waals surface area contributed by atoms with Crippen LogP contribution in [0.5, 0.6) is 0 Å². The fourth-order valence-electron chi connectivity index (χ4n) is 2.12.